The predicted octanol–water partition coefficient (Wildman–Crippen LogP) is 3.12. The van der Waals surface area contributed by atoms with Crippen molar-refractivity contribution in [1.29, 1.82) is 0 Å². The maximum Gasteiger partial charge on any atom is 0.419 e. The molecule has 4 saturated carbocycles. The van der Waals surface area contributed by atoms with Gasteiger partial charge in [-0.15, -0.1) is 0 Å². The molecular formula is C18H26N2O3. The topological polar surface area (TPSA) is 64.4 Å². The monoisotopic (exact) mass is 318 g/mol. The zero-order valence-corrected chi connectivity index (χ0v) is 14.3. The summed E-state index contributed by atoms with van der Waals surface area (Å²) in [5, 5.41) is 10.8. The van der Waals surface area contributed by atoms with E-state index in [-0.39, 0.29) is 11.5 Å². The second kappa shape index (κ2) is 4.82. The number of carbonyl (C=O) groups excluding carboxylic acids is 1. The first kappa shape index (κ1) is 15.2. The lowest BCUT2D eigenvalue weighted by Crippen LogP contribution is -2.57. The van der Waals surface area contributed by atoms with E-state index in [0.29, 0.717) is 24.3 Å². The van der Waals surface area contributed by atoms with Gasteiger partial charge in [-0.1, -0.05) is 0 Å². The SMILES string of the molecule is Cc1nc(C)n(C(=O)OCC23CC4CC(CC(O)(C4)C2)C3)c1C. The summed E-state index contributed by atoms with van der Waals surface area (Å²) in [6.07, 6.45) is 5.79. The van der Waals surface area contributed by atoms with Gasteiger partial charge in [-0.25, -0.2) is 14.3 Å². The summed E-state index contributed by atoms with van der Waals surface area (Å²) >= 11 is 0. The Balaban J connectivity index is 1.50. The zero-order valence-electron chi connectivity index (χ0n) is 14.3. The fourth-order valence-corrected chi connectivity index (χ4v) is 5.90. The van der Waals surface area contributed by atoms with Crippen molar-refractivity contribution in [3.63, 3.8) is 0 Å². The van der Waals surface area contributed by atoms with E-state index >= 15 is 0 Å². The first-order chi connectivity index (χ1) is 10.8. The molecule has 23 heavy (non-hydrogen) atoms. The normalized spacial score (nSPS) is 38.1. The number of aliphatic hydroxyl groups is 1. The molecule has 1 heterocycles. The van der Waals surface area contributed by atoms with Gasteiger partial charge in [-0.2, -0.15) is 0 Å². The minimum absolute atomic E-state index is 0.00801. The maximum absolute atomic E-state index is 12.5. The number of aryl methyl sites for hydroxylation is 2. The summed E-state index contributed by atoms with van der Waals surface area (Å²) in [6, 6.07) is 0. The van der Waals surface area contributed by atoms with E-state index in [1.807, 2.05) is 20.8 Å². The van der Waals surface area contributed by atoms with Crippen molar-refractivity contribution in [3.05, 3.63) is 17.2 Å². The van der Waals surface area contributed by atoms with E-state index in [0.717, 1.165) is 43.5 Å². The Kier molecular flexibility index (Phi) is 3.18. The molecule has 1 N–H and O–H groups in total. The second-order valence-electron chi connectivity index (χ2n) is 8.41. The number of hydrogen-bond donors (Lipinski definition) is 1. The number of imidazole rings is 1. The van der Waals surface area contributed by atoms with Crippen LogP contribution in [0.25, 0.3) is 0 Å². The molecule has 0 aromatic carbocycles. The Morgan fingerprint density at radius 1 is 1.26 bits per heavy atom. The van der Waals surface area contributed by atoms with Crippen LogP contribution in [-0.2, 0) is 4.74 Å². The average molecular weight is 318 g/mol. The third-order valence-electron chi connectivity index (χ3n) is 6.35. The van der Waals surface area contributed by atoms with Crippen LogP contribution in [-0.4, -0.2) is 33.0 Å². The van der Waals surface area contributed by atoms with Crippen LogP contribution in [0.2, 0.25) is 0 Å². The summed E-state index contributed by atoms with van der Waals surface area (Å²) in [4.78, 5) is 16.9. The van der Waals surface area contributed by atoms with Crippen LogP contribution in [0.3, 0.4) is 0 Å². The molecule has 0 aliphatic heterocycles. The first-order valence-electron chi connectivity index (χ1n) is 8.71. The molecule has 4 bridgehead atoms. The van der Waals surface area contributed by atoms with Gasteiger partial charge in [0.25, 0.3) is 0 Å². The highest BCUT2D eigenvalue weighted by molar-refractivity contribution is 5.72. The molecule has 4 aliphatic carbocycles. The standard InChI is InChI=1S/C18H26N2O3/c1-11-12(2)20(13(3)19-11)16(21)23-10-17-5-14-4-15(6-17)8-18(22,7-14)9-17/h14-15,22H,4-10H2,1-3H3. The molecular weight excluding hydrogens is 292 g/mol. The number of hydrogen-bond acceptors (Lipinski definition) is 4. The van der Waals surface area contributed by atoms with E-state index in [1.165, 1.54) is 6.42 Å². The summed E-state index contributed by atoms with van der Waals surface area (Å²) in [7, 11) is 0. The van der Waals surface area contributed by atoms with E-state index in [9.17, 15) is 9.90 Å². The van der Waals surface area contributed by atoms with Gasteiger partial charge in [0.1, 0.15) is 5.82 Å². The number of carbonyl (C=O) groups is 1. The van der Waals surface area contributed by atoms with Crippen molar-refractivity contribution in [2.75, 3.05) is 6.61 Å². The molecule has 2 unspecified atom stereocenters. The fourth-order valence-electron chi connectivity index (χ4n) is 5.90. The Morgan fingerprint density at radius 2 is 1.91 bits per heavy atom. The third kappa shape index (κ3) is 2.40. The molecule has 0 amide bonds. The molecule has 0 saturated heterocycles. The van der Waals surface area contributed by atoms with Crippen LogP contribution in [0.4, 0.5) is 4.79 Å². The highest BCUT2D eigenvalue weighted by atomic mass is 16.5. The predicted molar refractivity (Wildman–Crippen MR) is 85.2 cm³/mol. The van der Waals surface area contributed by atoms with Crippen molar-refractivity contribution >= 4 is 6.09 Å². The second-order valence-corrected chi connectivity index (χ2v) is 8.41. The lowest BCUT2D eigenvalue weighted by Gasteiger charge is -2.59. The maximum atomic E-state index is 12.5. The lowest BCUT2D eigenvalue weighted by molar-refractivity contribution is -0.175. The summed E-state index contributed by atoms with van der Waals surface area (Å²) in [6.45, 7) is 6.05. The highest BCUT2D eigenvalue weighted by Crippen LogP contribution is 2.61. The van der Waals surface area contributed by atoms with Gasteiger partial charge in [0, 0.05) is 11.1 Å². The van der Waals surface area contributed by atoms with Crippen molar-refractivity contribution in [3.8, 4) is 0 Å². The molecule has 0 spiro atoms. The average Bonchev–Trinajstić information content (AvgIpc) is 2.67. The highest BCUT2D eigenvalue weighted by Gasteiger charge is 2.57. The number of rotatable bonds is 2. The molecule has 4 aliphatic rings. The smallest absolute Gasteiger partial charge is 0.419 e. The van der Waals surface area contributed by atoms with Gasteiger partial charge >= 0.3 is 6.09 Å². The minimum Gasteiger partial charge on any atom is -0.448 e. The number of nitrogens with zero attached hydrogens (tertiary/aromatic N) is 2. The van der Waals surface area contributed by atoms with Crippen LogP contribution in [0.1, 0.15) is 55.7 Å². The van der Waals surface area contributed by atoms with Gasteiger partial charge in [0.05, 0.1) is 17.9 Å². The summed E-state index contributed by atoms with van der Waals surface area (Å²) in [5.74, 6) is 1.90. The molecule has 0 radical (unpaired) electrons. The van der Waals surface area contributed by atoms with E-state index < -0.39 is 5.60 Å². The molecule has 126 valence electrons. The number of aromatic nitrogens is 2. The van der Waals surface area contributed by atoms with Gasteiger partial charge in [0.15, 0.2) is 0 Å². The Morgan fingerprint density at radius 3 is 2.43 bits per heavy atom. The minimum atomic E-state index is -0.506. The van der Waals surface area contributed by atoms with Crippen LogP contribution in [0.5, 0.6) is 0 Å². The fraction of sp³-hybridized carbons (Fsp3) is 0.778. The molecule has 2 atom stereocenters. The quantitative estimate of drug-likeness (QED) is 0.910. The van der Waals surface area contributed by atoms with E-state index in [4.69, 9.17) is 4.74 Å². The summed E-state index contributed by atoms with van der Waals surface area (Å²) in [5.41, 5.74) is 1.19. The van der Waals surface area contributed by atoms with Gasteiger partial charge in [-0.05, 0) is 71.1 Å². The Hall–Kier alpha value is -1.36. The lowest BCUT2D eigenvalue weighted by atomic mass is 9.48. The molecule has 1 aromatic heterocycles. The third-order valence-corrected chi connectivity index (χ3v) is 6.35. The number of ether oxygens (including phenoxy) is 1. The van der Waals surface area contributed by atoms with Crippen molar-refractivity contribution < 1.29 is 14.6 Å². The van der Waals surface area contributed by atoms with Crippen LogP contribution in [0.15, 0.2) is 0 Å². The first-order valence-corrected chi connectivity index (χ1v) is 8.71. The molecule has 5 heteroatoms. The van der Waals surface area contributed by atoms with Crippen LogP contribution in [0, 0.1) is 38.0 Å². The summed E-state index contributed by atoms with van der Waals surface area (Å²) < 4.78 is 7.27. The van der Waals surface area contributed by atoms with Crippen LogP contribution < -0.4 is 0 Å². The van der Waals surface area contributed by atoms with Crippen molar-refractivity contribution in [1.82, 2.24) is 9.55 Å². The van der Waals surface area contributed by atoms with E-state index in [2.05, 4.69) is 4.98 Å². The molecule has 5 rings (SSSR count). The molecule has 5 nitrogen and oxygen atoms in total. The van der Waals surface area contributed by atoms with Gasteiger partial charge in [-0.3, -0.25) is 0 Å². The van der Waals surface area contributed by atoms with Crippen molar-refractivity contribution in [2.24, 2.45) is 17.3 Å². The van der Waals surface area contributed by atoms with E-state index in [1.54, 1.807) is 4.57 Å². The zero-order chi connectivity index (χ0) is 16.4. The molecule has 4 fully saturated rings. The molecule has 1 aromatic rings. The largest absolute Gasteiger partial charge is 0.448 e. The van der Waals surface area contributed by atoms with Gasteiger partial charge in [0.2, 0.25) is 0 Å². The Labute approximate surface area is 137 Å². The van der Waals surface area contributed by atoms with Crippen LogP contribution >= 0.6 is 0 Å². The van der Waals surface area contributed by atoms with Gasteiger partial charge < -0.3 is 9.84 Å². The Bertz CT molecular complexity index is 649. The van der Waals surface area contributed by atoms with Crippen molar-refractivity contribution in [2.45, 2.75) is 64.9 Å².